The van der Waals surface area contributed by atoms with Crippen molar-refractivity contribution in [1.29, 1.82) is 0 Å². The third-order valence-corrected chi connectivity index (χ3v) is 3.93. The molecule has 1 saturated heterocycles. The van der Waals surface area contributed by atoms with E-state index in [0.29, 0.717) is 29.7 Å². The fourth-order valence-electron chi connectivity index (χ4n) is 2.52. The molecule has 0 bridgehead atoms. The maximum Gasteiger partial charge on any atom is 0.249 e. The number of aromatic nitrogens is 2. The van der Waals surface area contributed by atoms with E-state index < -0.39 is 0 Å². The van der Waals surface area contributed by atoms with E-state index in [1.165, 1.54) is 0 Å². The topological polar surface area (TPSA) is 59.2 Å². The lowest BCUT2D eigenvalue weighted by Crippen LogP contribution is -2.27. The van der Waals surface area contributed by atoms with Crippen molar-refractivity contribution in [3.8, 4) is 0 Å². The normalized spacial score (nSPS) is 18.5. The minimum atomic E-state index is -0.124. The van der Waals surface area contributed by atoms with Gasteiger partial charge >= 0.3 is 0 Å². The molecule has 1 aliphatic heterocycles. The Bertz CT molecular complexity index is 639. The molecule has 5 nitrogen and oxygen atoms in total. The van der Waals surface area contributed by atoms with Gasteiger partial charge in [0.05, 0.1) is 0 Å². The van der Waals surface area contributed by atoms with Crippen LogP contribution in [0.5, 0.6) is 0 Å². The van der Waals surface area contributed by atoms with Gasteiger partial charge in [0, 0.05) is 24.4 Å². The molecule has 0 aliphatic carbocycles. The second-order valence-corrected chi connectivity index (χ2v) is 5.54. The predicted molar refractivity (Wildman–Crippen MR) is 77.7 cm³/mol. The van der Waals surface area contributed by atoms with Crippen LogP contribution in [-0.4, -0.2) is 20.9 Å². The van der Waals surface area contributed by atoms with Crippen molar-refractivity contribution in [3.63, 3.8) is 0 Å². The SMILES string of the molecule is CCc1noc(C2CCC(=O)N2Cc2ccc(Cl)cc2)n1. The molecule has 1 aromatic heterocycles. The second kappa shape index (κ2) is 5.85. The summed E-state index contributed by atoms with van der Waals surface area (Å²) in [6.45, 7) is 2.50. The van der Waals surface area contributed by atoms with Gasteiger partial charge in [0.2, 0.25) is 11.8 Å². The first-order valence-electron chi connectivity index (χ1n) is 7.03. The van der Waals surface area contributed by atoms with Gasteiger partial charge in [-0.15, -0.1) is 0 Å². The first kappa shape index (κ1) is 14.1. The third-order valence-electron chi connectivity index (χ3n) is 3.68. The van der Waals surface area contributed by atoms with E-state index in [-0.39, 0.29) is 11.9 Å². The highest BCUT2D eigenvalue weighted by Gasteiger charge is 2.35. The Hall–Kier alpha value is -1.88. The summed E-state index contributed by atoms with van der Waals surface area (Å²) < 4.78 is 5.30. The zero-order valence-corrected chi connectivity index (χ0v) is 12.5. The highest BCUT2D eigenvalue weighted by Crippen LogP contribution is 2.33. The van der Waals surface area contributed by atoms with Crippen molar-refractivity contribution in [2.75, 3.05) is 0 Å². The molecule has 1 aromatic carbocycles. The molecular weight excluding hydrogens is 290 g/mol. The van der Waals surface area contributed by atoms with E-state index >= 15 is 0 Å². The van der Waals surface area contributed by atoms with E-state index in [1.807, 2.05) is 31.2 Å². The van der Waals surface area contributed by atoms with Crippen molar-refractivity contribution >= 4 is 17.5 Å². The average molecular weight is 306 g/mol. The Labute approximate surface area is 127 Å². The van der Waals surface area contributed by atoms with Gasteiger partial charge in [-0.25, -0.2) is 0 Å². The summed E-state index contributed by atoms with van der Waals surface area (Å²) in [7, 11) is 0. The van der Waals surface area contributed by atoms with Crippen LogP contribution < -0.4 is 0 Å². The van der Waals surface area contributed by atoms with Gasteiger partial charge in [-0.3, -0.25) is 4.79 Å². The summed E-state index contributed by atoms with van der Waals surface area (Å²) >= 11 is 5.89. The number of amides is 1. The van der Waals surface area contributed by atoms with Crippen LogP contribution in [0, 0.1) is 0 Å². The van der Waals surface area contributed by atoms with Crippen LogP contribution in [-0.2, 0) is 17.8 Å². The van der Waals surface area contributed by atoms with Gasteiger partial charge in [0.25, 0.3) is 0 Å². The van der Waals surface area contributed by atoms with Gasteiger partial charge in [0.1, 0.15) is 6.04 Å². The number of rotatable bonds is 4. The summed E-state index contributed by atoms with van der Waals surface area (Å²) in [6.07, 6.45) is 1.96. The van der Waals surface area contributed by atoms with Gasteiger partial charge in [0.15, 0.2) is 5.82 Å². The van der Waals surface area contributed by atoms with Gasteiger partial charge in [-0.1, -0.05) is 35.8 Å². The minimum absolute atomic E-state index is 0.117. The molecule has 1 amide bonds. The van der Waals surface area contributed by atoms with E-state index in [4.69, 9.17) is 16.1 Å². The van der Waals surface area contributed by atoms with Crippen molar-refractivity contribution < 1.29 is 9.32 Å². The fourth-order valence-corrected chi connectivity index (χ4v) is 2.65. The number of hydrogen-bond donors (Lipinski definition) is 0. The quantitative estimate of drug-likeness (QED) is 0.870. The van der Waals surface area contributed by atoms with Crippen LogP contribution in [0.2, 0.25) is 5.02 Å². The number of aryl methyl sites for hydroxylation is 1. The molecule has 0 saturated carbocycles. The standard InChI is InChI=1S/C15H16ClN3O2/c1-2-13-17-15(21-18-13)12-7-8-14(20)19(12)9-10-3-5-11(16)6-4-10/h3-6,12H,2,7-9H2,1H3. The van der Waals surface area contributed by atoms with Crippen LogP contribution in [0.25, 0.3) is 0 Å². The highest BCUT2D eigenvalue weighted by molar-refractivity contribution is 6.30. The minimum Gasteiger partial charge on any atom is -0.337 e. The Kier molecular flexibility index (Phi) is 3.92. The summed E-state index contributed by atoms with van der Waals surface area (Å²) in [5.74, 6) is 1.33. The molecule has 0 N–H and O–H groups in total. The predicted octanol–water partition coefficient (Wildman–Crippen LogP) is 3.15. The Balaban J connectivity index is 1.80. The first-order valence-corrected chi connectivity index (χ1v) is 7.41. The van der Waals surface area contributed by atoms with Crippen LogP contribution >= 0.6 is 11.6 Å². The maximum absolute atomic E-state index is 12.1. The number of likely N-dealkylation sites (tertiary alicyclic amines) is 1. The van der Waals surface area contributed by atoms with Gasteiger partial charge in [-0.05, 0) is 24.1 Å². The van der Waals surface area contributed by atoms with Crippen LogP contribution in [0.3, 0.4) is 0 Å². The molecule has 110 valence electrons. The Morgan fingerprint density at radius 1 is 1.38 bits per heavy atom. The molecule has 1 fully saturated rings. The molecule has 3 rings (SSSR count). The first-order chi connectivity index (χ1) is 10.2. The van der Waals surface area contributed by atoms with E-state index in [9.17, 15) is 4.79 Å². The third kappa shape index (κ3) is 2.93. The van der Waals surface area contributed by atoms with Crippen LogP contribution in [0.4, 0.5) is 0 Å². The smallest absolute Gasteiger partial charge is 0.249 e. The largest absolute Gasteiger partial charge is 0.337 e. The Morgan fingerprint density at radius 2 is 2.14 bits per heavy atom. The molecule has 2 aromatic rings. The van der Waals surface area contributed by atoms with Crippen LogP contribution in [0.15, 0.2) is 28.8 Å². The molecule has 0 radical (unpaired) electrons. The molecular formula is C15H16ClN3O2. The lowest BCUT2D eigenvalue weighted by Gasteiger charge is -2.22. The number of hydrogen-bond acceptors (Lipinski definition) is 4. The van der Waals surface area contributed by atoms with Crippen molar-refractivity contribution in [2.24, 2.45) is 0 Å². The summed E-state index contributed by atoms with van der Waals surface area (Å²) in [5.41, 5.74) is 1.04. The van der Waals surface area contributed by atoms with Crippen LogP contribution in [0.1, 0.15) is 43.1 Å². The molecule has 21 heavy (non-hydrogen) atoms. The van der Waals surface area contributed by atoms with E-state index in [0.717, 1.165) is 18.4 Å². The Morgan fingerprint density at radius 3 is 2.81 bits per heavy atom. The zero-order chi connectivity index (χ0) is 14.8. The van der Waals surface area contributed by atoms with Crippen molar-refractivity contribution in [1.82, 2.24) is 15.0 Å². The number of halogens is 1. The molecule has 1 unspecified atom stereocenters. The van der Waals surface area contributed by atoms with Gasteiger partial charge in [-0.2, -0.15) is 4.98 Å². The van der Waals surface area contributed by atoms with Crippen molar-refractivity contribution in [2.45, 2.75) is 38.8 Å². The summed E-state index contributed by atoms with van der Waals surface area (Å²) in [4.78, 5) is 18.3. The molecule has 2 heterocycles. The van der Waals surface area contributed by atoms with Crippen molar-refractivity contribution in [3.05, 3.63) is 46.6 Å². The lowest BCUT2D eigenvalue weighted by atomic mass is 10.2. The number of carbonyl (C=O) groups excluding carboxylic acids is 1. The summed E-state index contributed by atoms with van der Waals surface area (Å²) in [5, 5.41) is 4.60. The number of carbonyl (C=O) groups is 1. The number of nitrogens with zero attached hydrogens (tertiary/aromatic N) is 3. The van der Waals surface area contributed by atoms with E-state index in [2.05, 4.69) is 10.1 Å². The van der Waals surface area contributed by atoms with Gasteiger partial charge < -0.3 is 9.42 Å². The molecule has 0 spiro atoms. The molecule has 1 atom stereocenters. The highest BCUT2D eigenvalue weighted by atomic mass is 35.5. The summed E-state index contributed by atoms with van der Waals surface area (Å²) in [6, 6.07) is 7.39. The fraction of sp³-hybridized carbons (Fsp3) is 0.400. The average Bonchev–Trinajstić information content (AvgIpc) is 3.09. The monoisotopic (exact) mass is 305 g/mol. The zero-order valence-electron chi connectivity index (χ0n) is 11.8. The maximum atomic E-state index is 12.1. The van der Waals surface area contributed by atoms with E-state index in [1.54, 1.807) is 4.90 Å². The second-order valence-electron chi connectivity index (χ2n) is 5.10. The lowest BCUT2D eigenvalue weighted by molar-refractivity contribution is -0.129. The molecule has 6 heteroatoms. The molecule has 1 aliphatic rings. The number of benzene rings is 1.